The van der Waals surface area contributed by atoms with Gasteiger partial charge in [0.1, 0.15) is 0 Å². The van der Waals surface area contributed by atoms with Crippen molar-refractivity contribution >= 4 is 0 Å². The van der Waals surface area contributed by atoms with E-state index >= 15 is 0 Å². The molecule has 0 spiro atoms. The minimum absolute atomic E-state index is 0.375. The van der Waals surface area contributed by atoms with Crippen LogP contribution < -0.4 is 0 Å². The summed E-state index contributed by atoms with van der Waals surface area (Å²) in [6.07, 6.45) is 103. The van der Waals surface area contributed by atoms with E-state index in [0.717, 1.165) is 6.42 Å². The van der Waals surface area contributed by atoms with E-state index in [2.05, 4.69) is 6.92 Å². The summed E-state index contributed by atoms with van der Waals surface area (Å²) in [5.41, 5.74) is 0. The predicted octanol–water partition coefficient (Wildman–Crippen LogP) is 27.3. The Hall–Kier alpha value is -0.0400. The molecular weight excluding hydrogens is 881 g/mol. The molecule has 0 aromatic heterocycles. The Bertz CT molecular complexity index is 811. The van der Waals surface area contributed by atoms with Crippen LogP contribution in [-0.2, 0) is 0 Å². The summed E-state index contributed by atoms with van der Waals surface area (Å²) >= 11 is 0. The topological polar surface area (TPSA) is 20.2 Å². The zero-order chi connectivity index (χ0) is 52.2. The SMILES string of the molecule is CCCCCCCCCCCCCCCCCCCCCCCCCCCCCCCCCCCCCCCCCCCCCCCCCCCCCCCCCCCCCCCCCCCCCCCCO. The van der Waals surface area contributed by atoms with E-state index in [1.165, 1.54) is 443 Å². The molecule has 0 aliphatic rings. The van der Waals surface area contributed by atoms with Crippen LogP contribution >= 0.6 is 0 Å². The number of rotatable bonds is 70. The molecule has 0 aliphatic carbocycles. The molecule has 0 amide bonds. The molecule has 0 aromatic rings. The molecule has 0 fully saturated rings. The fourth-order valence-electron chi connectivity index (χ4n) is 12.2. The molecule has 1 heteroatoms. The summed E-state index contributed by atoms with van der Waals surface area (Å²) in [6, 6.07) is 0. The van der Waals surface area contributed by atoms with E-state index in [9.17, 15) is 0 Å². The largest absolute Gasteiger partial charge is 0.396 e. The Morgan fingerprint density at radius 3 is 0.247 bits per heavy atom. The highest BCUT2D eigenvalue weighted by Crippen LogP contribution is 2.21. The highest BCUT2D eigenvalue weighted by atomic mass is 16.2. The summed E-state index contributed by atoms with van der Waals surface area (Å²) in [6.45, 7) is 2.69. The van der Waals surface area contributed by atoms with Crippen LogP contribution in [0.25, 0.3) is 0 Å². The maximum Gasteiger partial charge on any atom is 0.0431 e. The molecule has 0 unspecified atom stereocenters. The summed E-state index contributed by atoms with van der Waals surface area (Å²) in [5.74, 6) is 0. The van der Waals surface area contributed by atoms with Gasteiger partial charge in [0.05, 0.1) is 0 Å². The van der Waals surface area contributed by atoms with Crippen LogP contribution in [0.15, 0.2) is 0 Å². The van der Waals surface area contributed by atoms with Crippen molar-refractivity contribution in [2.24, 2.45) is 0 Å². The van der Waals surface area contributed by atoms with E-state index in [-0.39, 0.29) is 0 Å². The molecular formula is C72H146O. The van der Waals surface area contributed by atoms with Crippen molar-refractivity contribution < 1.29 is 5.11 Å². The van der Waals surface area contributed by atoms with Gasteiger partial charge in [-0.05, 0) is 6.42 Å². The molecule has 73 heavy (non-hydrogen) atoms. The Balaban J connectivity index is 3.07. The number of hydrogen-bond donors (Lipinski definition) is 1. The Morgan fingerprint density at radius 2 is 0.178 bits per heavy atom. The van der Waals surface area contributed by atoms with Gasteiger partial charge in [-0.25, -0.2) is 0 Å². The molecule has 0 aromatic carbocycles. The van der Waals surface area contributed by atoms with Crippen molar-refractivity contribution in [2.75, 3.05) is 6.61 Å². The second-order valence-electron chi connectivity index (χ2n) is 25.1. The van der Waals surface area contributed by atoms with E-state index in [1.54, 1.807) is 0 Å². The minimum Gasteiger partial charge on any atom is -0.396 e. The molecule has 0 rings (SSSR count). The number of aliphatic hydroxyl groups excluding tert-OH is 1. The van der Waals surface area contributed by atoms with Crippen LogP contribution in [0.2, 0.25) is 0 Å². The smallest absolute Gasteiger partial charge is 0.0431 e. The molecule has 0 radical (unpaired) electrons. The Kier molecular flexibility index (Phi) is 71.9. The number of unbranched alkanes of at least 4 members (excludes halogenated alkanes) is 69. The maximum atomic E-state index is 8.84. The molecule has 440 valence electrons. The summed E-state index contributed by atoms with van der Waals surface area (Å²) in [4.78, 5) is 0. The third-order valence-corrected chi connectivity index (χ3v) is 17.5. The van der Waals surface area contributed by atoms with Crippen LogP contribution in [0.3, 0.4) is 0 Å². The van der Waals surface area contributed by atoms with Crippen molar-refractivity contribution in [2.45, 2.75) is 456 Å². The summed E-state index contributed by atoms with van der Waals surface area (Å²) in [7, 11) is 0. The molecule has 0 atom stereocenters. The first kappa shape index (κ1) is 73.0. The van der Waals surface area contributed by atoms with Crippen molar-refractivity contribution in [3.63, 3.8) is 0 Å². The van der Waals surface area contributed by atoms with Crippen molar-refractivity contribution in [3.8, 4) is 0 Å². The lowest BCUT2D eigenvalue weighted by Gasteiger charge is -2.05. The van der Waals surface area contributed by atoms with E-state index in [1.807, 2.05) is 0 Å². The minimum atomic E-state index is 0.375. The van der Waals surface area contributed by atoms with Gasteiger partial charge in [-0.1, -0.05) is 450 Å². The zero-order valence-corrected chi connectivity index (χ0v) is 51.7. The average molecular weight is 1030 g/mol. The normalized spacial score (nSPS) is 11.8. The first-order valence-electron chi connectivity index (χ1n) is 36.0. The second kappa shape index (κ2) is 72.0. The lowest BCUT2D eigenvalue weighted by molar-refractivity contribution is 0.282. The van der Waals surface area contributed by atoms with Gasteiger partial charge in [0.2, 0.25) is 0 Å². The van der Waals surface area contributed by atoms with Crippen molar-refractivity contribution in [1.29, 1.82) is 0 Å². The first-order valence-corrected chi connectivity index (χ1v) is 36.0. The van der Waals surface area contributed by atoms with Crippen LogP contribution in [0.5, 0.6) is 0 Å². The number of hydrogen-bond acceptors (Lipinski definition) is 1. The lowest BCUT2D eigenvalue weighted by atomic mass is 10.0. The highest BCUT2D eigenvalue weighted by Gasteiger charge is 2.01. The molecule has 1 N–H and O–H groups in total. The van der Waals surface area contributed by atoms with Crippen LogP contribution in [-0.4, -0.2) is 11.7 Å². The fraction of sp³-hybridized carbons (Fsp3) is 1.00. The maximum absolute atomic E-state index is 8.84. The molecule has 0 saturated carbocycles. The summed E-state index contributed by atoms with van der Waals surface area (Å²) in [5, 5.41) is 8.84. The van der Waals surface area contributed by atoms with Gasteiger partial charge in [-0.2, -0.15) is 0 Å². The Morgan fingerprint density at radius 1 is 0.110 bits per heavy atom. The van der Waals surface area contributed by atoms with Gasteiger partial charge in [0, 0.05) is 6.61 Å². The molecule has 0 heterocycles. The van der Waals surface area contributed by atoms with E-state index in [0.29, 0.717) is 6.61 Å². The van der Waals surface area contributed by atoms with Crippen molar-refractivity contribution in [3.05, 3.63) is 0 Å². The fourth-order valence-corrected chi connectivity index (χ4v) is 12.2. The molecule has 0 aliphatic heterocycles. The Labute approximate surface area is 465 Å². The van der Waals surface area contributed by atoms with Crippen LogP contribution in [0, 0.1) is 0 Å². The third-order valence-electron chi connectivity index (χ3n) is 17.5. The van der Waals surface area contributed by atoms with E-state index < -0.39 is 0 Å². The van der Waals surface area contributed by atoms with Gasteiger partial charge in [-0.3, -0.25) is 0 Å². The third kappa shape index (κ3) is 72.0. The molecule has 0 bridgehead atoms. The van der Waals surface area contributed by atoms with Gasteiger partial charge in [-0.15, -0.1) is 0 Å². The zero-order valence-electron chi connectivity index (χ0n) is 51.7. The van der Waals surface area contributed by atoms with Gasteiger partial charge < -0.3 is 5.11 Å². The van der Waals surface area contributed by atoms with Crippen molar-refractivity contribution in [1.82, 2.24) is 0 Å². The monoisotopic (exact) mass is 1030 g/mol. The second-order valence-corrected chi connectivity index (χ2v) is 25.1. The lowest BCUT2D eigenvalue weighted by Crippen LogP contribution is -1.85. The molecule has 0 saturated heterocycles. The molecule has 1 nitrogen and oxygen atoms in total. The average Bonchev–Trinajstić information content (AvgIpc) is 3.40. The highest BCUT2D eigenvalue weighted by molar-refractivity contribution is 4.57. The first-order chi connectivity index (χ1) is 36.4. The summed E-state index contributed by atoms with van der Waals surface area (Å²) < 4.78 is 0. The quantitative estimate of drug-likeness (QED) is 0.0602. The van der Waals surface area contributed by atoms with Gasteiger partial charge in [0.25, 0.3) is 0 Å². The van der Waals surface area contributed by atoms with Gasteiger partial charge >= 0.3 is 0 Å². The predicted molar refractivity (Wildman–Crippen MR) is 336 cm³/mol. The van der Waals surface area contributed by atoms with Crippen LogP contribution in [0.1, 0.15) is 456 Å². The number of aliphatic hydroxyl groups is 1. The van der Waals surface area contributed by atoms with Gasteiger partial charge in [0.15, 0.2) is 0 Å². The van der Waals surface area contributed by atoms with Crippen LogP contribution in [0.4, 0.5) is 0 Å². The van der Waals surface area contributed by atoms with E-state index in [4.69, 9.17) is 5.11 Å². The standard InChI is InChI=1S/C72H146O/c1-2-3-4-5-6-7-8-9-10-11-12-13-14-15-16-17-18-19-20-21-22-23-24-25-26-27-28-29-30-31-32-33-34-35-36-37-38-39-40-41-42-43-44-45-46-47-48-49-50-51-52-53-54-55-56-57-58-59-60-61-62-63-64-65-66-67-68-69-70-71-72-73/h73H,2-72H2,1H3.